The molecule has 1 amide bonds. The number of alkyl carbamates (subject to hydrolysis) is 1. The summed E-state index contributed by atoms with van der Waals surface area (Å²) >= 11 is 18.2. The lowest BCUT2D eigenvalue weighted by Crippen LogP contribution is -2.43. The summed E-state index contributed by atoms with van der Waals surface area (Å²) in [5.41, 5.74) is 4.75. The summed E-state index contributed by atoms with van der Waals surface area (Å²) in [6.07, 6.45) is -0.929. The third-order valence-corrected chi connectivity index (χ3v) is 6.49. The highest BCUT2D eigenvalue weighted by Crippen LogP contribution is 2.44. The van der Waals surface area contributed by atoms with E-state index in [2.05, 4.69) is 5.32 Å². The minimum absolute atomic E-state index is 0.0793. The number of amides is 1. The number of carboxylic acid groups (broad SMARTS) is 1. The van der Waals surface area contributed by atoms with E-state index in [9.17, 15) is 14.7 Å². The molecule has 0 aromatic heterocycles. The second kappa shape index (κ2) is 9.41. The van der Waals surface area contributed by atoms with Crippen LogP contribution in [-0.4, -0.2) is 29.8 Å². The monoisotopic (exact) mass is 489 g/mol. The Morgan fingerprint density at radius 1 is 0.969 bits per heavy atom. The van der Waals surface area contributed by atoms with Gasteiger partial charge in [0.15, 0.2) is 0 Å². The van der Waals surface area contributed by atoms with Gasteiger partial charge < -0.3 is 15.2 Å². The zero-order chi connectivity index (χ0) is 22.8. The fraction of sp³-hybridized carbons (Fsp3) is 0.167. The van der Waals surface area contributed by atoms with Crippen LogP contribution in [-0.2, 0) is 16.0 Å². The lowest BCUT2D eigenvalue weighted by molar-refractivity contribution is -0.139. The van der Waals surface area contributed by atoms with Crippen molar-refractivity contribution in [2.24, 2.45) is 0 Å². The van der Waals surface area contributed by atoms with Crippen LogP contribution in [0.5, 0.6) is 0 Å². The Kier molecular flexibility index (Phi) is 6.60. The average Bonchev–Trinajstić information content (AvgIpc) is 3.09. The maximum atomic E-state index is 12.5. The third-order valence-electron chi connectivity index (χ3n) is 5.43. The van der Waals surface area contributed by atoms with Crippen molar-refractivity contribution in [2.75, 3.05) is 6.61 Å². The van der Waals surface area contributed by atoms with Crippen LogP contribution in [0.2, 0.25) is 15.1 Å². The first-order valence-corrected chi connectivity index (χ1v) is 11.0. The molecule has 3 aromatic rings. The van der Waals surface area contributed by atoms with Crippen LogP contribution in [0.25, 0.3) is 11.1 Å². The van der Waals surface area contributed by atoms with Crippen LogP contribution in [0.3, 0.4) is 0 Å². The number of hydrogen-bond acceptors (Lipinski definition) is 3. The van der Waals surface area contributed by atoms with Gasteiger partial charge in [0.05, 0.1) is 10.0 Å². The second-order valence-corrected chi connectivity index (χ2v) is 8.65. The Labute approximate surface area is 199 Å². The molecule has 2 N–H and O–H groups in total. The molecule has 0 bridgehead atoms. The van der Waals surface area contributed by atoms with E-state index in [1.807, 2.05) is 48.5 Å². The lowest BCUT2D eigenvalue weighted by atomic mass is 9.98. The largest absolute Gasteiger partial charge is 0.480 e. The number of aliphatic carboxylic acids is 1. The number of hydrogen-bond donors (Lipinski definition) is 2. The first-order chi connectivity index (χ1) is 15.3. The van der Waals surface area contributed by atoms with Crippen LogP contribution >= 0.6 is 34.8 Å². The molecule has 0 aliphatic heterocycles. The normalized spacial score (nSPS) is 13.2. The zero-order valence-corrected chi connectivity index (χ0v) is 18.9. The van der Waals surface area contributed by atoms with E-state index in [0.717, 1.165) is 22.3 Å². The fourth-order valence-electron chi connectivity index (χ4n) is 3.96. The smallest absolute Gasteiger partial charge is 0.407 e. The molecule has 164 valence electrons. The maximum Gasteiger partial charge on any atom is 0.407 e. The van der Waals surface area contributed by atoms with E-state index < -0.39 is 18.1 Å². The number of rotatable bonds is 6. The second-order valence-electron chi connectivity index (χ2n) is 7.43. The van der Waals surface area contributed by atoms with E-state index in [1.165, 1.54) is 12.1 Å². The van der Waals surface area contributed by atoms with Crippen molar-refractivity contribution in [3.63, 3.8) is 0 Å². The SMILES string of the molecule is O=C(NC(Cc1cc(Cl)cc(Cl)c1Cl)C(=O)O)OCC1c2ccccc2-c2ccccc21. The quantitative estimate of drug-likeness (QED) is 0.405. The highest BCUT2D eigenvalue weighted by molar-refractivity contribution is 6.43. The number of carboxylic acids is 1. The predicted octanol–water partition coefficient (Wildman–Crippen LogP) is 6.18. The molecule has 1 aliphatic rings. The molecule has 0 saturated heterocycles. The number of ether oxygens (including phenoxy) is 1. The molecule has 1 atom stereocenters. The highest BCUT2D eigenvalue weighted by Gasteiger charge is 2.30. The number of benzene rings is 3. The van der Waals surface area contributed by atoms with Gasteiger partial charge in [-0.2, -0.15) is 0 Å². The molecular weight excluding hydrogens is 473 g/mol. The Hall–Kier alpha value is -2.73. The topological polar surface area (TPSA) is 75.6 Å². The first-order valence-electron chi connectivity index (χ1n) is 9.83. The number of fused-ring (bicyclic) bond motifs is 3. The van der Waals surface area contributed by atoms with Gasteiger partial charge in [0, 0.05) is 17.4 Å². The van der Waals surface area contributed by atoms with Crippen molar-refractivity contribution in [3.8, 4) is 11.1 Å². The zero-order valence-electron chi connectivity index (χ0n) is 16.6. The summed E-state index contributed by atoms with van der Waals surface area (Å²) in [5.74, 6) is -1.36. The Bertz CT molecular complexity index is 1150. The van der Waals surface area contributed by atoms with Gasteiger partial charge >= 0.3 is 12.1 Å². The van der Waals surface area contributed by atoms with Gasteiger partial charge in [-0.05, 0) is 39.9 Å². The van der Waals surface area contributed by atoms with Gasteiger partial charge in [-0.25, -0.2) is 9.59 Å². The Morgan fingerprint density at radius 2 is 1.56 bits per heavy atom. The van der Waals surface area contributed by atoms with Crippen LogP contribution < -0.4 is 5.32 Å². The standard InChI is InChI=1S/C24H18Cl3NO4/c25-14-9-13(22(27)20(26)11-14)10-21(23(29)30)28-24(31)32-12-19-17-7-3-1-5-15(17)16-6-2-4-8-18(16)19/h1-9,11,19,21H,10,12H2,(H,28,31)(H,29,30). The molecular formula is C24H18Cl3NO4. The Balaban J connectivity index is 1.46. The van der Waals surface area contributed by atoms with E-state index in [4.69, 9.17) is 39.5 Å². The Morgan fingerprint density at radius 3 is 2.16 bits per heavy atom. The molecule has 32 heavy (non-hydrogen) atoms. The van der Waals surface area contributed by atoms with Crippen molar-refractivity contribution in [1.82, 2.24) is 5.32 Å². The molecule has 1 unspecified atom stereocenters. The van der Waals surface area contributed by atoms with Gasteiger partial charge in [-0.15, -0.1) is 0 Å². The van der Waals surface area contributed by atoms with Crippen molar-refractivity contribution >= 4 is 46.9 Å². The van der Waals surface area contributed by atoms with Crippen molar-refractivity contribution in [1.29, 1.82) is 0 Å². The predicted molar refractivity (Wildman–Crippen MR) is 125 cm³/mol. The van der Waals surface area contributed by atoms with Crippen molar-refractivity contribution in [2.45, 2.75) is 18.4 Å². The number of carbonyl (C=O) groups is 2. The van der Waals surface area contributed by atoms with Crippen LogP contribution in [0.4, 0.5) is 4.79 Å². The maximum absolute atomic E-state index is 12.5. The molecule has 0 saturated carbocycles. The average molecular weight is 491 g/mol. The van der Waals surface area contributed by atoms with Crippen LogP contribution in [0, 0.1) is 0 Å². The molecule has 0 radical (unpaired) electrons. The van der Waals surface area contributed by atoms with E-state index >= 15 is 0 Å². The van der Waals surface area contributed by atoms with Gasteiger partial charge in [0.1, 0.15) is 12.6 Å². The summed E-state index contributed by atoms with van der Waals surface area (Å²) in [5, 5.41) is 12.7. The number of carbonyl (C=O) groups excluding carboxylic acids is 1. The van der Waals surface area contributed by atoms with Gasteiger partial charge in [-0.3, -0.25) is 0 Å². The molecule has 0 heterocycles. The molecule has 4 rings (SSSR count). The highest BCUT2D eigenvalue weighted by atomic mass is 35.5. The molecule has 0 fully saturated rings. The third kappa shape index (κ3) is 4.56. The summed E-state index contributed by atoms with van der Waals surface area (Å²) in [7, 11) is 0. The number of nitrogens with one attached hydrogen (secondary N) is 1. The molecule has 3 aromatic carbocycles. The molecule has 8 heteroatoms. The lowest BCUT2D eigenvalue weighted by Gasteiger charge is -2.18. The summed E-state index contributed by atoms with van der Waals surface area (Å²) < 4.78 is 5.44. The van der Waals surface area contributed by atoms with E-state index in [0.29, 0.717) is 10.6 Å². The van der Waals surface area contributed by atoms with E-state index in [-0.39, 0.29) is 29.0 Å². The molecule has 0 spiro atoms. The molecule has 1 aliphatic carbocycles. The fourth-order valence-corrected chi connectivity index (χ4v) is 4.68. The van der Waals surface area contributed by atoms with Gasteiger partial charge in [-0.1, -0.05) is 83.3 Å². The number of halogens is 3. The van der Waals surface area contributed by atoms with E-state index in [1.54, 1.807) is 0 Å². The summed E-state index contributed by atoms with van der Waals surface area (Å²) in [6.45, 7) is 0.0793. The van der Waals surface area contributed by atoms with Gasteiger partial charge in [0.25, 0.3) is 0 Å². The van der Waals surface area contributed by atoms with Crippen LogP contribution in [0.15, 0.2) is 60.7 Å². The van der Waals surface area contributed by atoms with Gasteiger partial charge in [0.2, 0.25) is 0 Å². The van der Waals surface area contributed by atoms with Crippen molar-refractivity contribution in [3.05, 3.63) is 92.4 Å². The minimum atomic E-state index is -1.27. The molecule has 5 nitrogen and oxygen atoms in total. The van der Waals surface area contributed by atoms with Crippen molar-refractivity contribution < 1.29 is 19.4 Å². The summed E-state index contributed by atoms with van der Waals surface area (Å²) in [4.78, 5) is 24.2. The van der Waals surface area contributed by atoms with Crippen LogP contribution in [0.1, 0.15) is 22.6 Å². The summed E-state index contributed by atoms with van der Waals surface area (Å²) in [6, 6.07) is 17.6. The first kappa shape index (κ1) is 22.5. The minimum Gasteiger partial charge on any atom is -0.480 e.